The van der Waals surface area contributed by atoms with Crippen LogP contribution in [0.4, 0.5) is 0 Å². The second-order valence-corrected chi connectivity index (χ2v) is 6.58. The van der Waals surface area contributed by atoms with Gasteiger partial charge in [0.25, 0.3) is 11.8 Å². The molecular formula is C24H19N3O5. The van der Waals surface area contributed by atoms with E-state index in [1.807, 2.05) is 0 Å². The first-order valence-electron chi connectivity index (χ1n) is 9.70. The Balaban J connectivity index is 1.51. The predicted octanol–water partition coefficient (Wildman–Crippen LogP) is 3.59. The monoisotopic (exact) mass is 429 g/mol. The van der Waals surface area contributed by atoms with Gasteiger partial charge in [0, 0.05) is 11.8 Å². The molecule has 8 nitrogen and oxygen atoms in total. The molecule has 2 aromatic carbocycles. The summed E-state index contributed by atoms with van der Waals surface area (Å²) >= 11 is 0. The van der Waals surface area contributed by atoms with Crippen molar-refractivity contribution in [2.75, 3.05) is 6.79 Å². The summed E-state index contributed by atoms with van der Waals surface area (Å²) in [6.07, 6.45) is 7.80. The molecule has 160 valence electrons. The van der Waals surface area contributed by atoms with E-state index in [9.17, 15) is 9.59 Å². The van der Waals surface area contributed by atoms with Crippen molar-refractivity contribution in [3.05, 3.63) is 95.6 Å². The smallest absolute Gasteiger partial charge is 0.287 e. The Bertz CT molecular complexity index is 1180. The fourth-order valence-corrected chi connectivity index (χ4v) is 2.84. The molecule has 2 amide bonds. The number of fused-ring (bicyclic) bond motifs is 1. The lowest BCUT2D eigenvalue weighted by atomic mass is 10.1. The van der Waals surface area contributed by atoms with Crippen LogP contribution in [0.5, 0.6) is 11.5 Å². The lowest BCUT2D eigenvalue weighted by Gasteiger charge is -2.09. The SMILES string of the molecule is O=C(N/N=C/C=C/c1ccco1)/C(=C\c1ccc2c(c1)OCO2)NC(=O)c1ccccc1. The molecule has 0 aliphatic carbocycles. The Morgan fingerprint density at radius 1 is 0.969 bits per heavy atom. The molecule has 0 spiro atoms. The second kappa shape index (κ2) is 9.94. The predicted molar refractivity (Wildman–Crippen MR) is 119 cm³/mol. The van der Waals surface area contributed by atoms with E-state index in [4.69, 9.17) is 13.9 Å². The maximum absolute atomic E-state index is 12.7. The van der Waals surface area contributed by atoms with Crippen molar-refractivity contribution in [1.29, 1.82) is 0 Å². The van der Waals surface area contributed by atoms with E-state index in [1.54, 1.807) is 79.1 Å². The Labute approximate surface area is 183 Å². The highest BCUT2D eigenvalue weighted by Crippen LogP contribution is 2.33. The summed E-state index contributed by atoms with van der Waals surface area (Å²) in [5, 5.41) is 6.53. The number of nitrogens with zero attached hydrogens (tertiary/aromatic N) is 1. The van der Waals surface area contributed by atoms with Crippen molar-refractivity contribution in [3.63, 3.8) is 0 Å². The van der Waals surface area contributed by atoms with Crippen molar-refractivity contribution < 1.29 is 23.5 Å². The minimum atomic E-state index is -0.588. The van der Waals surface area contributed by atoms with Crippen LogP contribution >= 0.6 is 0 Å². The van der Waals surface area contributed by atoms with Crippen LogP contribution in [0.25, 0.3) is 12.2 Å². The standard InChI is InChI=1S/C24H19N3O5/c28-23(18-6-2-1-3-7-18)26-20(14-17-10-11-21-22(15-17)32-16-31-21)24(29)27-25-12-4-8-19-9-5-13-30-19/h1-15H,16H2,(H,26,28)(H,27,29)/b8-4+,20-14+,25-12+. The van der Waals surface area contributed by atoms with Crippen molar-refractivity contribution in [3.8, 4) is 11.5 Å². The first-order valence-corrected chi connectivity index (χ1v) is 9.70. The number of carbonyl (C=O) groups is 2. The minimum absolute atomic E-state index is 0.0184. The molecule has 0 radical (unpaired) electrons. The van der Waals surface area contributed by atoms with Crippen molar-refractivity contribution >= 4 is 30.2 Å². The molecule has 4 rings (SSSR count). The van der Waals surface area contributed by atoms with Crippen LogP contribution in [0.3, 0.4) is 0 Å². The lowest BCUT2D eigenvalue weighted by Crippen LogP contribution is -2.32. The summed E-state index contributed by atoms with van der Waals surface area (Å²) in [4.78, 5) is 25.3. The number of hydrogen-bond acceptors (Lipinski definition) is 6. The Kier molecular flexibility index (Phi) is 6.42. The quantitative estimate of drug-likeness (QED) is 0.339. The zero-order chi connectivity index (χ0) is 22.2. The minimum Gasteiger partial charge on any atom is -0.465 e. The summed E-state index contributed by atoms with van der Waals surface area (Å²) in [6, 6.07) is 17.4. The molecule has 0 saturated heterocycles. The molecule has 1 aliphatic heterocycles. The molecule has 2 N–H and O–H groups in total. The maximum atomic E-state index is 12.7. The summed E-state index contributed by atoms with van der Waals surface area (Å²) < 4.78 is 15.9. The molecule has 0 bridgehead atoms. The number of amides is 2. The molecule has 1 aromatic heterocycles. The van der Waals surface area contributed by atoms with E-state index >= 15 is 0 Å². The van der Waals surface area contributed by atoms with Gasteiger partial charge in [-0.1, -0.05) is 24.3 Å². The summed E-state index contributed by atoms with van der Waals surface area (Å²) in [5.74, 6) is 0.828. The molecule has 0 atom stereocenters. The van der Waals surface area contributed by atoms with Gasteiger partial charge in [-0.3, -0.25) is 9.59 Å². The van der Waals surface area contributed by atoms with Gasteiger partial charge in [0.15, 0.2) is 11.5 Å². The largest absolute Gasteiger partial charge is 0.465 e. The number of benzene rings is 2. The average molecular weight is 429 g/mol. The fraction of sp³-hybridized carbons (Fsp3) is 0.0417. The van der Waals surface area contributed by atoms with Gasteiger partial charge in [-0.2, -0.15) is 5.10 Å². The van der Waals surface area contributed by atoms with Crippen LogP contribution in [0.15, 0.2) is 88.2 Å². The Morgan fingerprint density at radius 2 is 1.81 bits per heavy atom. The third-order valence-corrected chi connectivity index (χ3v) is 4.37. The number of carbonyl (C=O) groups excluding carboxylic acids is 2. The highest BCUT2D eigenvalue weighted by Gasteiger charge is 2.16. The van der Waals surface area contributed by atoms with Crippen LogP contribution in [0, 0.1) is 0 Å². The van der Waals surface area contributed by atoms with Crippen LogP contribution in [-0.4, -0.2) is 24.8 Å². The zero-order valence-corrected chi connectivity index (χ0v) is 16.9. The average Bonchev–Trinajstić information content (AvgIpc) is 3.50. The van der Waals surface area contributed by atoms with E-state index in [-0.39, 0.29) is 12.5 Å². The van der Waals surface area contributed by atoms with Crippen molar-refractivity contribution in [1.82, 2.24) is 10.7 Å². The lowest BCUT2D eigenvalue weighted by molar-refractivity contribution is -0.117. The van der Waals surface area contributed by atoms with E-state index in [0.717, 1.165) is 0 Å². The Hall–Kier alpha value is -4.59. The van der Waals surface area contributed by atoms with Gasteiger partial charge in [0.1, 0.15) is 11.5 Å². The van der Waals surface area contributed by atoms with Gasteiger partial charge in [-0.25, -0.2) is 5.43 Å². The van der Waals surface area contributed by atoms with Gasteiger partial charge in [0.05, 0.1) is 6.26 Å². The van der Waals surface area contributed by atoms with Gasteiger partial charge >= 0.3 is 0 Å². The van der Waals surface area contributed by atoms with Gasteiger partial charge in [-0.15, -0.1) is 0 Å². The normalized spacial score (nSPS) is 12.9. The molecule has 0 unspecified atom stereocenters. The fourth-order valence-electron chi connectivity index (χ4n) is 2.84. The van der Waals surface area contributed by atoms with E-state index in [1.165, 1.54) is 12.3 Å². The highest BCUT2D eigenvalue weighted by molar-refractivity contribution is 6.05. The van der Waals surface area contributed by atoms with Crippen LogP contribution in [-0.2, 0) is 4.79 Å². The summed E-state index contributed by atoms with van der Waals surface area (Å²) in [6.45, 7) is 0.140. The molecule has 0 fully saturated rings. The number of rotatable bonds is 7. The third kappa shape index (κ3) is 5.31. The summed E-state index contributed by atoms with van der Waals surface area (Å²) in [7, 11) is 0. The molecule has 8 heteroatoms. The topological polar surface area (TPSA) is 102 Å². The van der Waals surface area contributed by atoms with Crippen LogP contribution in [0.1, 0.15) is 21.7 Å². The number of furan rings is 1. The zero-order valence-electron chi connectivity index (χ0n) is 16.9. The molecule has 3 aromatic rings. The molecule has 1 aliphatic rings. The van der Waals surface area contributed by atoms with Crippen molar-refractivity contribution in [2.24, 2.45) is 5.10 Å². The van der Waals surface area contributed by atoms with E-state index < -0.39 is 11.8 Å². The summed E-state index contributed by atoms with van der Waals surface area (Å²) in [5.41, 5.74) is 3.49. The number of hydrogen-bond donors (Lipinski definition) is 2. The van der Waals surface area contributed by atoms with Gasteiger partial charge in [0.2, 0.25) is 6.79 Å². The number of hydrazone groups is 1. The maximum Gasteiger partial charge on any atom is 0.287 e. The van der Waals surface area contributed by atoms with Crippen molar-refractivity contribution in [2.45, 2.75) is 0 Å². The van der Waals surface area contributed by atoms with Gasteiger partial charge in [-0.05, 0) is 60.2 Å². The van der Waals surface area contributed by atoms with Crippen LogP contribution < -0.4 is 20.2 Å². The highest BCUT2D eigenvalue weighted by atomic mass is 16.7. The number of allylic oxidation sites excluding steroid dienone is 1. The molecular weight excluding hydrogens is 410 g/mol. The molecule has 2 heterocycles. The van der Waals surface area contributed by atoms with Crippen LogP contribution in [0.2, 0.25) is 0 Å². The third-order valence-electron chi connectivity index (χ3n) is 4.37. The Morgan fingerprint density at radius 3 is 2.62 bits per heavy atom. The molecule has 0 saturated carbocycles. The molecule has 32 heavy (non-hydrogen) atoms. The number of nitrogens with one attached hydrogen (secondary N) is 2. The van der Waals surface area contributed by atoms with E-state index in [2.05, 4.69) is 15.8 Å². The van der Waals surface area contributed by atoms with E-state index in [0.29, 0.717) is 28.4 Å². The number of ether oxygens (including phenoxy) is 2. The van der Waals surface area contributed by atoms with Gasteiger partial charge < -0.3 is 19.2 Å². The first kappa shape index (κ1) is 20.7. The first-order chi connectivity index (χ1) is 15.7. The second-order valence-electron chi connectivity index (χ2n) is 6.58.